The van der Waals surface area contributed by atoms with Crippen LogP contribution in [0.25, 0.3) is 0 Å². The number of primary amides is 1. The number of hydrogen-bond donors (Lipinski definition) is 1. The Morgan fingerprint density at radius 3 is 2.84 bits per heavy atom. The Labute approximate surface area is 151 Å². The van der Waals surface area contributed by atoms with Gasteiger partial charge in [-0.3, -0.25) is 4.79 Å². The van der Waals surface area contributed by atoms with Gasteiger partial charge in [0.1, 0.15) is 5.82 Å². The fourth-order valence-corrected chi connectivity index (χ4v) is 4.92. The standard InChI is InChI=1S/C19H23N3O2S/c1-12-11-14(17(20)23)18(21-13(12)2)22-7-5-19(6-8-22)15-4-10-25-16(15)3-9-24-19/h4,10-11H,3,5-9H2,1-2H3,(H2,20,23). The maximum Gasteiger partial charge on any atom is 0.252 e. The first-order valence-corrected chi connectivity index (χ1v) is 9.62. The Morgan fingerprint density at radius 2 is 2.12 bits per heavy atom. The van der Waals surface area contributed by atoms with Crippen molar-refractivity contribution in [2.75, 3.05) is 24.6 Å². The smallest absolute Gasteiger partial charge is 0.252 e. The van der Waals surface area contributed by atoms with Crippen molar-refractivity contribution in [3.05, 3.63) is 44.8 Å². The van der Waals surface area contributed by atoms with E-state index in [9.17, 15) is 4.79 Å². The number of anilines is 1. The number of hydrogen-bond acceptors (Lipinski definition) is 5. The summed E-state index contributed by atoms with van der Waals surface area (Å²) in [6.07, 6.45) is 2.83. The summed E-state index contributed by atoms with van der Waals surface area (Å²) in [5.41, 5.74) is 9.24. The summed E-state index contributed by atoms with van der Waals surface area (Å²) in [4.78, 5) is 20.2. The van der Waals surface area contributed by atoms with Crippen LogP contribution in [0.3, 0.4) is 0 Å². The van der Waals surface area contributed by atoms with Gasteiger partial charge in [-0.25, -0.2) is 4.98 Å². The van der Waals surface area contributed by atoms with Gasteiger partial charge in [-0.2, -0.15) is 0 Å². The lowest BCUT2D eigenvalue weighted by Crippen LogP contribution is -2.47. The number of carbonyl (C=O) groups excluding carboxylic acids is 1. The van der Waals surface area contributed by atoms with E-state index in [0.717, 1.165) is 50.2 Å². The molecule has 0 radical (unpaired) electrons. The fourth-order valence-electron chi connectivity index (χ4n) is 3.97. The lowest BCUT2D eigenvalue weighted by Gasteiger charge is -2.44. The van der Waals surface area contributed by atoms with E-state index in [2.05, 4.69) is 21.3 Å². The zero-order chi connectivity index (χ0) is 17.6. The molecule has 0 saturated carbocycles. The monoisotopic (exact) mass is 357 g/mol. The van der Waals surface area contributed by atoms with E-state index in [1.165, 1.54) is 10.4 Å². The van der Waals surface area contributed by atoms with Crippen molar-refractivity contribution in [1.82, 2.24) is 4.98 Å². The van der Waals surface area contributed by atoms with Gasteiger partial charge in [-0.1, -0.05) is 0 Å². The number of aryl methyl sites for hydroxylation is 2. The third-order valence-electron chi connectivity index (χ3n) is 5.53. The molecule has 4 heterocycles. The number of nitrogens with two attached hydrogens (primary N) is 1. The van der Waals surface area contributed by atoms with Gasteiger partial charge >= 0.3 is 0 Å². The van der Waals surface area contributed by atoms with E-state index in [-0.39, 0.29) is 5.60 Å². The molecule has 2 N–H and O–H groups in total. The SMILES string of the molecule is Cc1cc(C(N)=O)c(N2CCC3(CC2)OCCc2sccc23)nc1C. The molecule has 0 unspecified atom stereocenters. The quantitative estimate of drug-likeness (QED) is 0.897. The predicted octanol–water partition coefficient (Wildman–Crippen LogP) is 2.93. The van der Waals surface area contributed by atoms with Gasteiger partial charge in [0.15, 0.2) is 0 Å². The van der Waals surface area contributed by atoms with E-state index in [1.54, 1.807) is 0 Å². The maximum absolute atomic E-state index is 11.9. The summed E-state index contributed by atoms with van der Waals surface area (Å²) in [5.74, 6) is 0.298. The van der Waals surface area contributed by atoms with E-state index < -0.39 is 5.91 Å². The number of ether oxygens (including phenoxy) is 1. The summed E-state index contributed by atoms with van der Waals surface area (Å²) >= 11 is 1.83. The molecule has 2 aromatic rings. The van der Waals surface area contributed by atoms with Crippen LogP contribution in [0, 0.1) is 13.8 Å². The van der Waals surface area contributed by atoms with Crippen molar-refractivity contribution in [3.8, 4) is 0 Å². The summed E-state index contributed by atoms with van der Waals surface area (Å²) in [6.45, 7) is 6.34. The summed E-state index contributed by atoms with van der Waals surface area (Å²) in [7, 11) is 0. The maximum atomic E-state index is 11.9. The number of piperidine rings is 1. The first kappa shape index (κ1) is 16.5. The van der Waals surface area contributed by atoms with Gasteiger partial charge < -0.3 is 15.4 Å². The lowest BCUT2D eigenvalue weighted by atomic mass is 9.82. The number of rotatable bonds is 2. The van der Waals surface area contributed by atoms with Crippen molar-refractivity contribution < 1.29 is 9.53 Å². The van der Waals surface area contributed by atoms with Gasteiger partial charge in [0, 0.05) is 30.1 Å². The van der Waals surface area contributed by atoms with Crippen LogP contribution in [-0.2, 0) is 16.8 Å². The van der Waals surface area contributed by atoms with Crippen LogP contribution >= 0.6 is 11.3 Å². The van der Waals surface area contributed by atoms with Gasteiger partial charge in [-0.05, 0) is 55.3 Å². The van der Waals surface area contributed by atoms with Crippen molar-refractivity contribution in [3.63, 3.8) is 0 Å². The second-order valence-corrected chi connectivity index (χ2v) is 7.96. The number of carbonyl (C=O) groups is 1. The van der Waals surface area contributed by atoms with E-state index in [4.69, 9.17) is 10.5 Å². The zero-order valence-electron chi connectivity index (χ0n) is 14.7. The molecular weight excluding hydrogens is 334 g/mol. The average Bonchev–Trinajstić information content (AvgIpc) is 3.08. The normalized spacial score (nSPS) is 19.0. The molecule has 5 nitrogen and oxygen atoms in total. The number of amides is 1. The van der Waals surface area contributed by atoms with Crippen molar-refractivity contribution >= 4 is 23.1 Å². The molecule has 2 aliphatic rings. The topological polar surface area (TPSA) is 68.5 Å². The molecule has 0 atom stereocenters. The van der Waals surface area contributed by atoms with Crippen LogP contribution in [0.1, 0.15) is 44.9 Å². The first-order valence-electron chi connectivity index (χ1n) is 8.74. The molecule has 0 bridgehead atoms. The minimum absolute atomic E-state index is 0.170. The molecule has 1 saturated heterocycles. The number of aromatic nitrogens is 1. The number of nitrogens with zero attached hydrogens (tertiary/aromatic N) is 2. The van der Waals surface area contributed by atoms with Crippen LogP contribution < -0.4 is 10.6 Å². The Kier molecular flexibility index (Phi) is 4.04. The number of pyridine rings is 1. The first-order chi connectivity index (χ1) is 12.0. The number of thiophene rings is 1. The summed E-state index contributed by atoms with van der Waals surface area (Å²) in [6, 6.07) is 4.08. The van der Waals surface area contributed by atoms with Crippen LogP contribution in [0.4, 0.5) is 5.82 Å². The third-order valence-corrected chi connectivity index (χ3v) is 6.51. The molecule has 1 amide bonds. The van der Waals surface area contributed by atoms with Crippen molar-refractivity contribution in [2.24, 2.45) is 5.73 Å². The molecule has 132 valence electrons. The Hall–Kier alpha value is -1.92. The van der Waals surface area contributed by atoms with Crippen molar-refractivity contribution in [2.45, 2.75) is 38.7 Å². The second kappa shape index (κ2) is 6.11. The van der Waals surface area contributed by atoms with Crippen molar-refractivity contribution in [1.29, 1.82) is 0 Å². The van der Waals surface area contributed by atoms with Gasteiger partial charge in [0.05, 0.1) is 17.8 Å². The Morgan fingerprint density at radius 1 is 1.36 bits per heavy atom. The van der Waals surface area contributed by atoms with Gasteiger partial charge in [0.2, 0.25) is 0 Å². The third kappa shape index (κ3) is 2.73. The molecule has 2 aliphatic heterocycles. The second-order valence-electron chi connectivity index (χ2n) is 6.96. The van der Waals surface area contributed by atoms with Gasteiger partial charge in [0.25, 0.3) is 5.91 Å². The molecule has 1 fully saturated rings. The zero-order valence-corrected chi connectivity index (χ0v) is 15.5. The average molecular weight is 357 g/mol. The molecule has 0 aliphatic carbocycles. The largest absolute Gasteiger partial charge is 0.370 e. The molecule has 25 heavy (non-hydrogen) atoms. The summed E-state index contributed by atoms with van der Waals surface area (Å²) in [5, 5.41) is 2.17. The van der Waals surface area contributed by atoms with Crippen LogP contribution in [-0.4, -0.2) is 30.6 Å². The lowest BCUT2D eigenvalue weighted by molar-refractivity contribution is -0.0757. The Bertz CT molecular complexity index is 822. The highest BCUT2D eigenvalue weighted by molar-refractivity contribution is 7.10. The van der Waals surface area contributed by atoms with Crippen LogP contribution in [0.2, 0.25) is 0 Å². The molecule has 0 aromatic carbocycles. The van der Waals surface area contributed by atoms with E-state index in [1.807, 2.05) is 31.3 Å². The highest BCUT2D eigenvalue weighted by atomic mass is 32.1. The van der Waals surface area contributed by atoms with Crippen LogP contribution in [0.15, 0.2) is 17.5 Å². The molecule has 6 heteroatoms. The molecule has 4 rings (SSSR count). The molecule has 1 spiro atoms. The highest BCUT2D eigenvalue weighted by Crippen LogP contribution is 2.44. The highest BCUT2D eigenvalue weighted by Gasteiger charge is 2.42. The molecule has 2 aromatic heterocycles. The summed E-state index contributed by atoms with van der Waals surface area (Å²) < 4.78 is 6.26. The molecular formula is C19H23N3O2S. The van der Waals surface area contributed by atoms with Crippen LogP contribution in [0.5, 0.6) is 0 Å². The van der Waals surface area contributed by atoms with E-state index >= 15 is 0 Å². The fraction of sp³-hybridized carbons (Fsp3) is 0.474. The minimum atomic E-state index is -0.417. The van der Waals surface area contributed by atoms with E-state index in [0.29, 0.717) is 11.4 Å². The predicted molar refractivity (Wildman–Crippen MR) is 99.3 cm³/mol. The van der Waals surface area contributed by atoms with Gasteiger partial charge in [-0.15, -0.1) is 11.3 Å². The Balaban J connectivity index is 1.62. The number of fused-ring (bicyclic) bond motifs is 2. The minimum Gasteiger partial charge on any atom is -0.370 e.